The lowest BCUT2D eigenvalue weighted by molar-refractivity contribution is 0.574. The highest BCUT2D eigenvalue weighted by Crippen LogP contribution is 2.56. The summed E-state index contributed by atoms with van der Waals surface area (Å²) in [4.78, 5) is 5.29. The van der Waals surface area contributed by atoms with E-state index in [0.29, 0.717) is 0 Å². The fraction of sp³-hybridized carbons (Fsp3) is 0.302. The fourth-order valence-corrected chi connectivity index (χ4v) is 13.1. The predicted molar refractivity (Wildman–Crippen MR) is 297 cm³/mol. The van der Waals surface area contributed by atoms with Gasteiger partial charge in [0.1, 0.15) is 0 Å². The summed E-state index contributed by atoms with van der Waals surface area (Å²) in [5.41, 5.74) is 22.3. The number of fused-ring (bicyclic) bond motifs is 11. The molecule has 3 aliphatic rings. The first-order valence-electron chi connectivity index (χ1n) is 24.8. The number of anilines is 6. The standard InChI is InChI=1S/C63H64BN3S/c1-59(2,3)37-22-27-41(28-23-37)65-49-19-16-15-18-43(49)44-36-54-45(35-53(44)65)56-58(68-54)64-48-34-40(62(10,11)12)33-47-57(48)67(50-31-26-39(61(7,8)9)32-46(50)63(47,13)14)52-21-17-20-51(55(52)64)66(56)42-29-24-38(25-30-42)60(4,5)6/h15-36H,1-14H3. The Kier molecular flexibility index (Phi) is 8.93. The molecule has 340 valence electrons. The molecule has 0 N–H and O–H groups in total. The van der Waals surface area contributed by atoms with E-state index in [-0.39, 0.29) is 33.8 Å². The summed E-state index contributed by atoms with van der Waals surface area (Å²) in [6, 6.07) is 52.4. The number of para-hydroxylation sites is 1. The molecule has 0 fully saturated rings. The van der Waals surface area contributed by atoms with E-state index in [4.69, 9.17) is 0 Å². The molecule has 0 saturated heterocycles. The third kappa shape index (κ3) is 6.16. The average Bonchev–Trinajstić information content (AvgIpc) is 3.81. The van der Waals surface area contributed by atoms with Crippen molar-refractivity contribution in [3.05, 3.63) is 167 Å². The third-order valence-electron chi connectivity index (χ3n) is 15.8. The van der Waals surface area contributed by atoms with Gasteiger partial charge < -0.3 is 14.4 Å². The van der Waals surface area contributed by atoms with E-state index in [1.54, 1.807) is 0 Å². The summed E-state index contributed by atoms with van der Waals surface area (Å²) in [5, 5.41) is 3.87. The van der Waals surface area contributed by atoms with Crippen molar-refractivity contribution in [3.8, 4) is 5.69 Å². The molecule has 0 unspecified atom stereocenters. The number of hydrogen-bond donors (Lipinski definition) is 0. The van der Waals surface area contributed by atoms with Crippen molar-refractivity contribution in [1.82, 2.24) is 4.57 Å². The number of hydrogen-bond acceptors (Lipinski definition) is 3. The van der Waals surface area contributed by atoms with E-state index in [9.17, 15) is 0 Å². The summed E-state index contributed by atoms with van der Waals surface area (Å²) in [6.45, 7) is 33.0. The van der Waals surface area contributed by atoms with E-state index < -0.39 is 0 Å². The largest absolute Gasteiger partial charge is 0.311 e. The third-order valence-corrected chi connectivity index (χ3v) is 17.0. The Bertz CT molecular complexity index is 3570. The van der Waals surface area contributed by atoms with Crippen molar-refractivity contribution < 1.29 is 0 Å². The Balaban J connectivity index is 1.19. The van der Waals surface area contributed by atoms with Crippen LogP contribution >= 0.6 is 11.3 Å². The molecule has 3 aliphatic heterocycles. The van der Waals surface area contributed by atoms with Crippen molar-refractivity contribution >= 4 is 99.8 Å². The molecule has 0 saturated carbocycles. The Morgan fingerprint density at radius 2 is 1.01 bits per heavy atom. The quantitative estimate of drug-likeness (QED) is 0.160. The molecule has 0 amide bonds. The van der Waals surface area contributed by atoms with Gasteiger partial charge in [-0.2, -0.15) is 0 Å². The van der Waals surface area contributed by atoms with Crippen LogP contribution in [0.1, 0.15) is 130 Å². The van der Waals surface area contributed by atoms with Crippen molar-refractivity contribution in [2.45, 2.75) is 124 Å². The summed E-state index contributed by atoms with van der Waals surface area (Å²) in [5.74, 6) is 0. The molecule has 3 nitrogen and oxygen atoms in total. The molecule has 0 radical (unpaired) electrons. The molecule has 0 bridgehead atoms. The first-order chi connectivity index (χ1) is 32.0. The van der Waals surface area contributed by atoms with Gasteiger partial charge in [-0.3, -0.25) is 0 Å². The Morgan fingerprint density at radius 3 is 1.65 bits per heavy atom. The topological polar surface area (TPSA) is 11.4 Å². The zero-order valence-electron chi connectivity index (χ0n) is 42.5. The van der Waals surface area contributed by atoms with E-state index >= 15 is 0 Å². The Labute approximate surface area is 408 Å². The molecule has 7 aromatic carbocycles. The lowest BCUT2D eigenvalue weighted by Crippen LogP contribution is -2.61. The van der Waals surface area contributed by atoms with E-state index in [0.717, 1.165) is 0 Å². The minimum atomic E-state index is -0.227. The number of nitrogens with zero attached hydrogens (tertiary/aromatic N) is 3. The number of benzene rings is 7. The first kappa shape index (κ1) is 43.3. The SMILES string of the molecule is CC(C)(C)c1ccc(N2c3cccc4c3B(c3cc(C(C)(C)C)cc5c3N4c3ccc(C(C)(C)C)cc3C5(C)C)c3sc4cc5c6ccccc6n(-c6ccc(C(C)(C)C)cc6)c5cc4c32)cc1. The molecule has 5 heteroatoms. The van der Waals surface area contributed by atoms with Crippen molar-refractivity contribution in [3.63, 3.8) is 0 Å². The second-order valence-electron chi connectivity index (χ2n) is 24.8. The molecule has 0 atom stereocenters. The van der Waals surface area contributed by atoms with Gasteiger partial charge in [0.25, 0.3) is 6.71 Å². The van der Waals surface area contributed by atoms with Crippen LogP contribution in [-0.2, 0) is 27.1 Å². The number of rotatable bonds is 2. The van der Waals surface area contributed by atoms with Crippen molar-refractivity contribution in [2.24, 2.45) is 0 Å². The lowest BCUT2D eigenvalue weighted by Gasteiger charge is -2.50. The second kappa shape index (κ2) is 14.0. The van der Waals surface area contributed by atoms with Crippen LogP contribution in [0, 0.1) is 0 Å². The highest BCUT2D eigenvalue weighted by molar-refractivity contribution is 7.33. The van der Waals surface area contributed by atoms with Crippen LogP contribution in [0.2, 0.25) is 0 Å². The fourth-order valence-electron chi connectivity index (χ4n) is 11.8. The van der Waals surface area contributed by atoms with Crippen LogP contribution < -0.4 is 25.5 Å². The van der Waals surface area contributed by atoms with Crippen LogP contribution in [0.4, 0.5) is 34.1 Å². The van der Waals surface area contributed by atoms with Gasteiger partial charge in [-0.05, 0) is 127 Å². The molecular weight excluding hydrogens is 842 g/mol. The van der Waals surface area contributed by atoms with Gasteiger partial charge in [0, 0.05) is 59.5 Å². The van der Waals surface area contributed by atoms with Gasteiger partial charge in [-0.25, -0.2) is 0 Å². The van der Waals surface area contributed by atoms with Gasteiger partial charge >= 0.3 is 0 Å². The molecular formula is C63H64BN3S. The monoisotopic (exact) mass is 905 g/mol. The number of aromatic nitrogens is 1. The number of thiophene rings is 1. The van der Waals surface area contributed by atoms with Gasteiger partial charge in [0.2, 0.25) is 0 Å². The average molecular weight is 906 g/mol. The molecule has 12 rings (SSSR count). The zero-order chi connectivity index (χ0) is 47.8. The molecule has 0 aliphatic carbocycles. The lowest BCUT2D eigenvalue weighted by atomic mass is 9.35. The van der Waals surface area contributed by atoms with Crippen LogP contribution in [0.5, 0.6) is 0 Å². The summed E-state index contributed by atoms with van der Waals surface area (Å²) in [6.07, 6.45) is 0. The molecule has 5 heterocycles. The van der Waals surface area contributed by atoms with Gasteiger partial charge in [0.05, 0.1) is 22.4 Å². The van der Waals surface area contributed by atoms with Gasteiger partial charge in [0.15, 0.2) is 0 Å². The molecule has 68 heavy (non-hydrogen) atoms. The van der Waals surface area contributed by atoms with Crippen LogP contribution in [0.3, 0.4) is 0 Å². The van der Waals surface area contributed by atoms with Gasteiger partial charge in [-0.15, -0.1) is 11.3 Å². The highest BCUT2D eigenvalue weighted by Gasteiger charge is 2.50. The second-order valence-corrected chi connectivity index (χ2v) is 25.8. The first-order valence-corrected chi connectivity index (χ1v) is 25.6. The van der Waals surface area contributed by atoms with Gasteiger partial charge in [-0.1, -0.05) is 170 Å². The van der Waals surface area contributed by atoms with Crippen molar-refractivity contribution in [1.29, 1.82) is 0 Å². The van der Waals surface area contributed by atoms with Crippen LogP contribution in [0.25, 0.3) is 37.6 Å². The van der Waals surface area contributed by atoms with Crippen LogP contribution in [0.15, 0.2) is 133 Å². The minimum absolute atomic E-state index is 0.0273. The van der Waals surface area contributed by atoms with Crippen molar-refractivity contribution in [2.75, 3.05) is 9.80 Å². The molecule has 0 spiro atoms. The minimum Gasteiger partial charge on any atom is -0.311 e. The molecule has 2 aromatic heterocycles. The maximum atomic E-state index is 2.66. The van der Waals surface area contributed by atoms with Crippen LogP contribution in [-0.4, -0.2) is 11.3 Å². The van der Waals surface area contributed by atoms with E-state index in [2.05, 4.69) is 245 Å². The normalized spacial score (nSPS) is 15.2. The summed E-state index contributed by atoms with van der Waals surface area (Å²) in [7, 11) is 0. The Hall–Kier alpha value is -6.04. The zero-order valence-corrected chi connectivity index (χ0v) is 43.3. The van der Waals surface area contributed by atoms with E-state index in [1.165, 1.54) is 121 Å². The highest BCUT2D eigenvalue weighted by atomic mass is 32.1. The summed E-state index contributed by atoms with van der Waals surface area (Å²) >= 11 is 2.01. The Morgan fingerprint density at radius 1 is 0.441 bits per heavy atom. The van der Waals surface area contributed by atoms with E-state index in [1.807, 2.05) is 11.3 Å². The predicted octanol–water partition coefficient (Wildman–Crippen LogP) is 15.9. The molecule has 9 aromatic rings. The maximum absolute atomic E-state index is 2.66. The summed E-state index contributed by atoms with van der Waals surface area (Å²) < 4.78 is 5.24. The smallest absolute Gasteiger partial charge is 0.264 e. The maximum Gasteiger partial charge on any atom is 0.264 e.